The maximum atomic E-state index is 5.24. The van der Waals surface area contributed by atoms with Gasteiger partial charge < -0.3 is 4.57 Å². The lowest BCUT2D eigenvalue weighted by molar-refractivity contribution is 0.995. The molecule has 294 valence electrons. The van der Waals surface area contributed by atoms with Gasteiger partial charge in [0.2, 0.25) is 5.95 Å². The molecule has 0 fully saturated rings. The second-order valence-corrected chi connectivity index (χ2v) is 17.3. The van der Waals surface area contributed by atoms with Crippen LogP contribution in [0.25, 0.3) is 120 Å². The molecule has 0 atom stereocenters. The Bertz CT molecular complexity index is 3840. The van der Waals surface area contributed by atoms with Gasteiger partial charge in [-0.2, -0.15) is 0 Å². The van der Waals surface area contributed by atoms with E-state index in [1.54, 1.807) is 0 Å². The number of para-hydroxylation sites is 3. The zero-order valence-electron chi connectivity index (χ0n) is 34.0. The van der Waals surface area contributed by atoms with Crippen molar-refractivity contribution in [1.29, 1.82) is 0 Å². The first-order chi connectivity index (χ1) is 31.2. The SMILES string of the molecule is c1ccc(-c2cc(-c3ccccc3)nc(-n3c4ccccc4c4cc(-c5ccc6sc7cccc(-c8ccc9c(c8)c8ccccc8n9-c8ccccc8)c7c6c5)ccc43)n2)cc1. The number of benzene rings is 9. The van der Waals surface area contributed by atoms with E-state index in [1.807, 2.05) is 23.5 Å². The van der Waals surface area contributed by atoms with Gasteiger partial charge in [-0.1, -0.05) is 146 Å². The van der Waals surface area contributed by atoms with Gasteiger partial charge in [-0.05, 0) is 95.1 Å². The zero-order valence-corrected chi connectivity index (χ0v) is 34.8. The topological polar surface area (TPSA) is 35.6 Å². The van der Waals surface area contributed by atoms with Gasteiger partial charge in [0.05, 0.1) is 33.5 Å². The highest BCUT2D eigenvalue weighted by Gasteiger charge is 2.20. The van der Waals surface area contributed by atoms with Crippen molar-refractivity contribution in [2.45, 2.75) is 0 Å². The van der Waals surface area contributed by atoms with E-state index in [0.29, 0.717) is 5.95 Å². The van der Waals surface area contributed by atoms with Crippen molar-refractivity contribution < 1.29 is 0 Å². The third kappa shape index (κ3) is 5.74. The molecule has 13 rings (SSSR count). The molecule has 0 amide bonds. The molecule has 0 radical (unpaired) electrons. The molecule has 0 aliphatic rings. The minimum Gasteiger partial charge on any atom is -0.309 e. The van der Waals surface area contributed by atoms with Crippen molar-refractivity contribution in [3.05, 3.63) is 218 Å². The quantitative estimate of drug-likeness (QED) is 0.167. The van der Waals surface area contributed by atoms with Crippen LogP contribution in [-0.4, -0.2) is 19.1 Å². The van der Waals surface area contributed by atoms with E-state index >= 15 is 0 Å². The smallest absolute Gasteiger partial charge is 0.235 e. The summed E-state index contributed by atoms with van der Waals surface area (Å²) in [4.78, 5) is 10.5. The number of rotatable bonds is 6. The van der Waals surface area contributed by atoms with Crippen LogP contribution < -0.4 is 0 Å². The molecule has 4 aromatic heterocycles. The van der Waals surface area contributed by atoms with Crippen LogP contribution in [0, 0.1) is 0 Å². The Morgan fingerprint density at radius 1 is 0.317 bits per heavy atom. The summed E-state index contributed by atoms with van der Waals surface area (Å²) >= 11 is 1.86. The molecule has 5 heteroatoms. The van der Waals surface area contributed by atoms with Crippen LogP contribution in [0.15, 0.2) is 218 Å². The van der Waals surface area contributed by atoms with Crippen LogP contribution in [0.4, 0.5) is 0 Å². The van der Waals surface area contributed by atoms with Gasteiger partial charge in [-0.15, -0.1) is 11.3 Å². The fourth-order valence-corrected chi connectivity index (χ4v) is 10.8. The maximum Gasteiger partial charge on any atom is 0.235 e. The first kappa shape index (κ1) is 35.6. The highest BCUT2D eigenvalue weighted by molar-refractivity contribution is 7.26. The van der Waals surface area contributed by atoms with Gasteiger partial charge in [0, 0.05) is 58.5 Å². The summed E-state index contributed by atoms with van der Waals surface area (Å²) in [6.45, 7) is 0. The summed E-state index contributed by atoms with van der Waals surface area (Å²) in [5.41, 5.74) is 14.4. The molecule has 4 heterocycles. The molecule has 0 bridgehead atoms. The van der Waals surface area contributed by atoms with Crippen LogP contribution in [-0.2, 0) is 0 Å². The second kappa shape index (κ2) is 14.2. The minimum atomic E-state index is 0.649. The number of thiophene rings is 1. The molecule has 9 aromatic carbocycles. The Morgan fingerprint density at radius 3 is 1.49 bits per heavy atom. The van der Waals surface area contributed by atoms with Crippen molar-refractivity contribution in [2.75, 3.05) is 0 Å². The predicted octanol–water partition coefficient (Wildman–Crippen LogP) is 15.7. The Kier molecular flexibility index (Phi) is 8.05. The summed E-state index contributed by atoms with van der Waals surface area (Å²) < 4.78 is 7.18. The normalized spacial score (nSPS) is 11.8. The molecule has 0 aliphatic carbocycles. The fraction of sp³-hybridized carbons (Fsp3) is 0. The number of aromatic nitrogens is 4. The Hall–Kier alpha value is -8.12. The standard InChI is InChI=1S/C58H36N4S/c1-4-15-37(16-5-1)49-36-50(38-17-6-2-7-18-38)60-58(59-49)62-52-25-13-11-22-45(52)46-33-39(27-30-54(46)62)40-29-32-55-48(34-40)57-43(23-14-26-56(57)63-55)41-28-31-53-47(35-41)44-21-10-12-24-51(44)61(53)42-19-8-3-9-20-42/h1-36H. The van der Waals surface area contributed by atoms with Gasteiger partial charge in [-0.25, -0.2) is 9.97 Å². The van der Waals surface area contributed by atoms with Crippen LogP contribution in [0.2, 0.25) is 0 Å². The summed E-state index contributed by atoms with van der Waals surface area (Å²) in [6.07, 6.45) is 0. The predicted molar refractivity (Wildman–Crippen MR) is 265 cm³/mol. The van der Waals surface area contributed by atoms with E-state index < -0.39 is 0 Å². The Labute approximate surface area is 367 Å². The lowest BCUT2D eigenvalue weighted by atomic mass is 9.96. The molecule has 4 nitrogen and oxygen atoms in total. The van der Waals surface area contributed by atoms with Crippen LogP contribution >= 0.6 is 11.3 Å². The van der Waals surface area contributed by atoms with E-state index in [4.69, 9.17) is 9.97 Å². The van der Waals surface area contributed by atoms with Crippen molar-refractivity contribution in [3.8, 4) is 56.4 Å². The largest absolute Gasteiger partial charge is 0.309 e. The van der Waals surface area contributed by atoms with E-state index in [2.05, 4.69) is 215 Å². The van der Waals surface area contributed by atoms with Gasteiger partial charge in [0.1, 0.15) is 0 Å². The third-order valence-corrected chi connectivity index (χ3v) is 13.7. The van der Waals surface area contributed by atoms with Gasteiger partial charge in [0.25, 0.3) is 0 Å². The van der Waals surface area contributed by atoms with Crippen molar-refractivity contribution in [2.24, 2.45) is 0 Å². The highest BCUT2D eigenvalue weighted by atomic mass is 32.1. The maximum absolute atomic E-state index is 5.24. The molecule has 0 spiro atoms. The number of nitrogens with zero attached hydrogens (tertiary/aromatic N) is 4. The average Bonchev–Trinajstić information content (AvgIpc) is 4.02. The van der Waals surface area contributed by atoms with Crippen molar-refractivity contribution in [3.63, 3.8) is 0 Å². The van der Waals surface area contributed by atoms with E-state index in [0.717, 1.165) is 44.3 Å². The summed E-state index contributed by atoms with van der Waals surface area (Å²) in [6, 6.07) is 78.5. The first-order valence-corrected chi connectivity index (χ1v) is 22.1. The van der Waals surface area contributed by atoms with E-state index in [-0.39, 0.29) is 0 Å². The lowest BCUT2D eigenvalue weighted by Crippen LogP contribution is -2.03. The highest BCUT2D eigenvalue weighted by Crippen LogP contribution is 2.44. The molecule has 13 aromatic rings. The molecule has 0 aliphatic heterocycles. The molecule has 0 saturated carbocycles. The van der Waals surface area contributed by atoms with Crippen LogP contribution in [0.1, 0.15) is 0 Å². The molecular weight excluding hydrogens is 785 g/mol. The van der Waals surface area contributed by atoms with Crippen LogP contribution in [0.5, 0.6) is 0 Å². The lowest BCUT2D eigenvalue weighted by Gasteiger charge is -2.12. The molecule has 0 N–H and O–H groups in total. The van der Waals surface area contributed by atoms with E-state index in [1.165, 1.54) is 69.9 Å². The zero-order chi connectivity index (χ0) is 41.4. The van der Waals surface area contributed by atoms with Crippen molar-refractivity contribution in [1.82, 2.24) is 19.1 Å². The molecule has 63 heavy (non-hydrogen) atoms. The third-order valence-electron chi connectivity index (χ3n) is 12.6. The van der Waals surface area contributed by atoms with E-state index in [9.17, 15) is 0 Å². The van der Waals surface area contributed by atoms with Gasteiger partial charge >= 0.3 is 0 Å². The summed E-state index contributed by atoms with van der Waals surface area (Å²) in [5, 5.41) is 7.41. The van der Waals surface area contributed by atoms with Crippen LogP contribution in [0.3, 0.4) is 0 Å². The number of hydrogen-bond acceptors (Lipinski definition) is 3. The first-order valence-electron chi connectivity index (χ1n) is 21.3. The number of hydrogen-bond donors (Lipinski definition) is 0. The summed E-state index contributed by atoms with van der Waals surface area (Å²) in [7, 11) is 0. The molecular formula is C58H36N4S. The molecule has 0 unspecified atom stereocenters. The molecule has 0 saturated heterocycles. The average molecular weight is 821 g/mol. The van der Waals surface area contributed by atoms with Gasteiger partial charge in [-0.3, -0.25) is 4.57 Å². The van der Waals surface area contributed by atoms with Gasteiger partial charge in [0.15, 0.2) is 0 Å². The van der Waals surface area contributed by atoms with Crippen molar-refractivity contribution >= 4 is 75.1 Å². The Morgan fingerprint density at radius 2 is 0.825 bits per heavy atom. The number of fused-ring (bicyclic) bond motifs is 9. The minimum absolute atomic E-state index is 0.649. The summed E-state index contributed by atoms with van der Waals surface area (Å²) in [5.74, 6) is 0.649. The monoisotopic (exact) mass is 820 g/mol. The second-order valence-electron chi connectivity index (χ2n) is 16.2. The Balaban J connectivity index is 0.962. The fourth-order valence-electron chi connectivity index (χ4n) is 9.66.